The molecule has 0 bridgehead atoms. The third-order valence-electron chi connectivity index (χ3n) is 3.98. The molecular formula is C16H25N3OS. The monoisotopic (exact) mass is 307 g/mol. The summed E-state index contributed by atoms with van der Waals surface area (Å²) in [5, 5.41) is 0. The standard InChI is InChI=1S/C16H25N3OS/c1-11(2)19(8-9-20-3)16-13(15(17)21)10-12-6-4-5-7-14(12)18-16/h10-11H,4-9H2,1-3H3,(H2,17,21). The van der Waals surface area contributed by atoms with Gasteiger partial charge < -0.3 is 15.4 Å². The van der Waals surface area contributed by atoms with Crippen molar-refractivity contribution in [2.75, 3.05) is 25.2 Å². The fraction of sp³-hybridized carbons (Fsp3) is 0.625. The number of thiocarbonyl (C=S) groups is 1. The maximum atomic E-state index is 5.95. The first-order valence-corrected chi connectivity index (χ1v) is 8.03. The van der Waals surface area contributed by atoms with Crippen LogP contribution in [0, 0.1) is 0 Å². The van der Waals surface area contributed by atoms with Crippen molar-refractivity contribution in [3.05, 3.63) is 22.9 Å². The van der Waals surface area contributed by atoms with Gasteiger partial charge in [-0.15, -0.1) is 0 Å². The van der Waals surface area contributed by atoms with Crippen LogP contribution < -0.4 is 10.6 Å². The molecule has 5 heteroatoms. The second kappa shape index (κ2) is 7.18. The van der Waals surface area contributed by atoms with Gasteiger partial charge in [-0.3, -0.25) is 0 Å². The van der Waals surface area contributed by atoms with Crippen LogP contribution in [0.1, 0.15) is 43.5 Å². The smallest absolute Gasteiger partial charge is 0.139 e. The molecule has 2 rings (SSSR count). The maximum absolute atomic E-state index is 5.95. The first-order chi connectivity index (χ1) is 10.0. The molecule has 1 aromatic rings. The van der Waals surface area contributed by atoms with Crippen molar-refractivity contribution >= 4 is 23.0 Å². The van der Waals surface area contributed by atoms with Crippen molar-refractivity contribution < 1.29 is 4.74 Å². The molecule has 0 amide bonds. The van der Waals surface area contributed by atoms with Gasteiger partial charge in [-0.25, -0.2) is 4.98 Å². The third kappa shape index (κ3) is 3.71. The van der Waals surface area contributed by atoms with Gasteiger partial charge in [-0.2, -0.15) is 0 Å². The lowest BCUT2D eigenvalue weighted by atomic mass is 9.94. The van der Waals surface area contributed by atoms with E-state index in [0.717, 1.165) is 30.8 Å². The number of aryl methyl sites for hydroxylation is 2. The summed E-state index contributed by atoms with van der Waals surface area (Å²) in [5.41, 5.74) is 9.36. The number of nitrogens with zero attached hydrogens (tertiary/aromatic N) is 2. The molecule has 0 saturated carbocycles. The van der Waals surface area contributed by atoms with Crippen LogP contribution >= 0.6 is 12.2 Å². The highest BCUT2D eigenvalue weighted by atomic mass is 32.1. The highest BCUT2D eigenvalue weighted by molar-refractivity contribution is 7.80. The van der Waals surface area contributed by atoms with Crippen LogP contribution in [0.3, 0.4) is 0 Å². The molecule has 4 nitrogen and oxygen atoms in total. The Morgan fingerprint density at radius 3 is 2.76 bits per heavy atom. The minimum Gasteiger partial charge on any atom is -0.389 e. The maximum Gasteiger partial charge on any atom is 0.139 e. The number of hydrogen-bond donors (Lipinski definition) is 1. The van der Waals surface area contributed by atoms with E-state index >= 15 is 0 Å². The highest BCUT2D eigenvalue weighted by Gasteiger charge is 2.21. The molecule has 0 atom stereocenters. The Labute approximate surface area is 132 Å². The summed E-state index contributed by atoms with van der Waals surface area (Å²) in [6.07, 6.45) is 4.57. The summed E-state index contributed by atoms with van der Waals surface area (Å²) in [6, 6.07) is 2.48. The first-order valence-electron chi connectivity index (χ1n) is 7.62. The number of pyridine rings is 1. The average molecular weight is 307 g/mol. The van der Waals surface area contributed by atoms with Crippen molar-refractivity contribution in [1.82, 2.24) is 4.98 Å². The van der Waals surface area contributed by atoms with Crippen molar-refractivity contribution in [3.63, 3.8) is 0 Å². The fourth-order valence-electron chi connectivity index (χ4n) is 2.82. The SMILES string of the molecule is COCCN(c1nc2c(cc1C(N)=S)CCCC2)C(C)C. The quantitative estimate of drug-likeness (QED) is 0.818. The molecule has 0 saturated heterocycles. The van der Waals surface area contributed by atoms with E-state index < -0.39 is 0 Å². The van der Waals surface area contributed by atoms with Gasteiger partial charge in [0.2, 0.25) is 0 Å². The summed E-state index contributed by atoms with van der Waals surface area (Å²) in [4.78, 5) is 7.57. The van der Waals surface area contributed by atoms with Crippen molar-refractivity contribution in [2.24, 2.45) is 5.73 Å². The second-order valence-corrected chi connectivity index (χ2v) is 6.26. The van der Waals surface area contributed by atoms with Gasteiger partial charge in [-0.05, 0) is 51.2 Å². The van der Waals surface area contributed by atoms with E-state index in [0.29, 0.717) is 17.6 Å². The molecule has 1 aliphatic rings. The molecule has 21 heavy (non-hydrogen) atoms. The van der Waals surface area contributed by atoms with Gasteiger partial charge in [0.05, 0.1) is 12.2 Å². The van der Waals surface area contributed by atoms with E-state index in [1.165, 1.54) is 24.1 Å². The van der Waals surface area contributed by atoms with E-state index in [1.54, 1.807) is 7.11 Å². The number of nitrogens with two attached hydrogens (primary N) is 1. The van der Waals surface area contributed by atoms with Crippen LogP contribution in [0.25, 0.3) is 0 Å². The number of fused-ring (bicyclic) bond motifs is 1. The lowest BCUT2D eigenvalue weighted by Crippen LogP contribution is -2.36. The normalized spacial score (nSPS) is 14.1. The van der Waals surface area contributed by atoms with E-state index in [2.05, 4.69) is 24.8 Å². The van der Waals surface area contributed by atoms with Crippen LogP contribution in [0.4, 0.5) is 5.82 Å². The number of methoxy groups -OCH3 is 1. The Morgan fingerprint density at radius 1 is 1.43 bits per heavy atom. The summed E-state index contributed by atoms with van der Waals surface area (Å²) in [5.74, 6) is 0.912. The zero-order valence-electron chi connectivity index (χ0n) is 13.2. The Hall–Kier alpha value is -1.20. The van der Waals surface area contributed by atoms with Gasteiger partial charge in [0.15, 0.2) is 0 Å². The minimum absolute atomic E-state index is 0.322. The summed E-state index contributed by atoms with van der Waals surface area (Å²) >= 11 is 5.25. The number of aromatic nitrogens is 1. The van der Waals surface area contributed by atoms with Gasteiger partial charge in [0.25, 0.3) is 0 Å². The zero-order chi connectivity index (χ0) is 15.4. The van der Waals surface area contributed by atoms with Crippen LogP contribution in [-0.2, 0) is 17.6 Å². The average Bonchev–Trinajstić information content (AvgIpc) is 2.46. The molecule has 0 radical (unpaired) electrons. The van der Waals surface area contributed by atoms with E-state index in [1.807, 2.05) is 0 Å². The Balaban J connectivity index is 2.45. The van der Waals surface area contributed by atoms with Crippen LogP contribution in [0.15, 0.2) is 6.07 Å². The number of rotatable bonds is 6. The molecule has 1 aliphatic carbocycles. The molecule has 0 unspecified atom stereocenters. The van der Waals surface area contributed by atoms with Crippen molar-refractivity contribution in [2.45, 2.75) is 45.6 Å². The molecule has 0 aromatic carbocycles. The molecule has 0 aliphatic heterocycles. The number of hydrogen-bond acceptors (Lipinski definition) is 4. The molecule has 1 aromatic heterocycles. The van der Waals surface area contributed by atoms with Gasteiger partial charge in [0.1, 0.15) is 10.8 Å². The molecule has 0 fully saturated rings. The summed E-state index contributed by atoms with van der Waals surface area (Å²) in [7, 11) is 1.72. The van der Waals surface area contributed by atoms with E-state index in [4.69, 9.17) is 27.7 Å². The minimum atomic E-state index is 0.322. The Kier molecular flexibility index (Phi) is 5.53. The second-order valence-electron chi connectivity index (χ2n) is 5.82. The molecular weight excluding hydrogens is 282 g/mol. The third-order valence-corrected chi connectivity index (χ3v) is 4.20. The van der Waals surface area contributed by atoms with Gasteiger partial charge >= 0.3 is 0 Å². The van der Waals surface area contributed by atoms with Gasteiger partial charge in [-0.1, -0.05) is 12.2 Å². The zero-order valence-corrected chi connectivity index (χ0v) is 14.0. The molecule has 2 N–H and O–H groups in total. The number of ether oxygens (including phenoxy) is 1. The predicted molar refractivity (Wildman–Crippen MR) is 91.1 cm³/mol. The highest BCUT2D eigenvalue weighted by Crippen LogP contribution is 2.27. The predicted octanol–water partition coefficient (Wildman–Crippen LogP) is 2.46. The van der Waals surface area contributed by atoms with E-state index in [9.17, 15) is 0 Å². The fourth-order valence-corrected chi connectivity index (χ4v) is 2.97. The Morgan fingerprint density at radius 2 is 2.14 bits per heavy atom. The first kappa shape index (κ1) is 16.2. The van der Waals surface area contributed by atoms with Crippen LogP contribution in [-0.4, -0.2) is 36.3 Å². The van der Waals surface area contributed by atoms with Gasteiger partial charge in [0, 0.05) is 25.4 Å². The van der Waals surface area contributed by atoms with Crippen LogP contribution in [0.2, 0.25) is 0 Å². The largest absolute Gasteiger partial charge is 0.389 e. The molecule has 0 spiro atoms. The summed E-state index contributed by atoms with van der Waals surface area (Å²) in [6.45, 7) is 5.75. The van der Waals surface area contributed by atoms with Crippen molar-refractivity contribution in [1.29, 1.82) is 0 Å². The Bertz CT molecular complexity index is 516. The number of anilines is 1. The van der Waals surface area contributed by atoms with E-state index in [-0.39, 0.29) is 0 Å². The lowest BCUT2D eigenvalue weighted by molar-refractivity contribution is 0.203. The summed E-state index contributed by atoms with van der Waals surface area (Å²) < 4.78 is 5.22. The topological polar surface area (TPSA) is 51.4 Å². The van der Waals surface area contributed by atoms with Crippen molar-refractivity contribution in [3.8, 4) is 0 Å². The molecule has 1 heterocycles. The lowest BCUT2D eigenvalue weighted by Gasteiger charge is -2.31. The van der Waals surface area contributed by atoms with Crippen LogP contribution in [0.5, 0.6) is 0 Å². The molecule has 116 valence electrons.